The fourth-order valence-corrected chi connectivity index (χ4v) is 3.11. The molecule has 0 aromatic heterocycles. The average molecular weight is 440 g/mol. The molecule has 0 spiro atoms. The number of nitrogens with one attached hydrogen (secondary N) is 2. The van der Waals surface area contributed by atoms with E-state index in [-0.39, 0.29) is 30.1 Å². The van der Waals surface area contributed by atoms with Crippen LogP contribution in [0.25, 0.3) is 0 Å². The predicted octanol–water partition coefficient (Wildman–Crippen LogP) is -0.938. The molecular weight excluding hydrogens is 416 g/mol. The summed E-state index contributed by atoms with van der Waals surface area (Å²) < 4.78 is 0. The minimum absolute atomic E-state index is 0.00287. The van der Waals surface area contributed by atoms with E-state index in [1.807, 2.05) is 0 Å². The molecule has 1 rings (SSSR count). The number of nitrogens with two attached hydrogens (primary N) is 2. The Labute approximate surface area is 176 Å². The summed E-state index contributed by atoms with van der Waals surface area (Å²) in [5.41, 5.74) is 11.9. The number of thioether (sulfide) groups is 1. The van der Waals surface area contributed by atoms with Gasteiger partial charge in [0.15, 0.2) is 5.78 Å². The Morgan fingerprint density at radius 3 is 2.27 bits per heavy atom. The SMILES string of the molecule is Nc1ccc(C(=O)CSC[C@@H](NC(=O)CC[C@@H](N)C(=O)O)C(=O)NCC(=O)O)cc1. The summed E-state index contributed by atoms with van der Waals surface area (Å²) in [6.45, 7) is -0.635. The highest BCUT2D eigenvalue weighted by molar-refractivity contribution is 8.00. The number of carboxylic acid groups (broad SMARTS) is 2. The van der Waals surface area contributed by atoms with Crippen molar-refractivity contribution < 1.29 is 34.2 Å². The topological polar surface area (TPSA) is 202 Å². The van der Waals surface area contributed by atoms with E-state index in [1.54, 1.807) is 24.3 Å². The van der Waals surface area contributed by atoms with E-state index in [2.05, 4.69) is 10.6 Å². The molecule has 11 nitrogen and oxygen atoms in total. The quantitative estimate of drug-likeness (QED) is 0.164. The third-order valence-electron chi connectivity index (χ3n) is 3.82. The monoisotopic (exact) mass is 440 g/mol. The summed E-state index contributed by atoms with van der Waals surface area (Å²) >= 11 is 1.08. The van der Waals surface area contributed by atoms with Crippen LogP contribution in [0.15, 0.2) is 24.3 Å². The van der Waals surface area contributed by atoms with Crippen LogP contribution in [0.1, 0.15) is 23.2 Å². The molecular formula is C18H24N4O7S. The lowest BCUT2D eigenvalue weighted by molar-refractivity contribution is -0.139. The summed E-state index contributed by atoms with van der Waals surface area (Å²) in [6.07, 6.45) is -0.362. The van der Waals surface area contributed by atoms with Gasteiger partial charge in [0.25, 0.3) is 0 Å². The summed E-state index contributed by atoms with van der Waals surface area (Å²) in [6, 6.07) is 3.99. The van der Waals surface area contributed by atoms with E-state index in [0.717, 1.165) is 11.8 Å². The van der Waals surface area contributed by atoms with E-state index in [1.165, 1.54) is 0 Å². The summed E-state index contributed by atoms with van der Waals surface area (Å²) in [4.78, 5) is 57.8. The van der Waals surface area contributed by atoms with Crippen LogP contribution in [0.3, 0.4) is 0 Å². The van der Waals surface area contributed by atoms with Crippen LogP contribution in [-0.2, 0) is 19.2 Å². The summed E-state index contributed by atoms with van der Waals surface area (Å²) in [7, 11) is 0. The first-order valence-corrected chi connectivity index (χ1v) is 9.99. The molecule has 2 amide bonds. The van der Waals surface area contributed by atoms with E-state index in [0.29, 0.717) is 11.3 Å². The van der Waals surface area contributed by atoms with E-state index >= 15 is 0 Å². The number of nitrogen functional groups attached to an aromatic ring is 1. The lowest BCUT2D eigenvalue weighted by Gasteiger charge is -2.18. The van der Waals surface area contributed by atoms with Gasteiger partial charge in [-0.05, 0) is 30.7 Å². The molecule has 0 saturated heterocycles. The number of Topliss-reactive ketones (excluding diaryl/α,β-unsaturated/α-hetero) is 1. The van der Waals surface area contributed by atoms with Crippen LogP contribution in [0, 0.1) is 0 Å². The van der Waals surface area contributed by atoms with Crippen LogP contribution < -0.4 is 22.1 Å². The van der Waals surface area contributed by atoms with Gasteiger partial charge in [0.1, 0.15) is 18.6 Å². The zero-order valence-corrected chi connectivity index (χ0v) is 16.8. The molecule has 0 aliphatic rings. The Hall–Kier alpha value is -3.12. The van der Waals surface area contributed by atoms with Gasteiger partial charge in [-0.15, -0.1) is 0 Å². The molecule has 0 heterocycles. The number of carboxylic acids is 2. The standard InChI is InChI=1S/C18H24N4O7S/c19-11-3-1-10(2-4-11)14(23)9-30-8-13(17(27)21-7-16(25)26)22-15(24)6-5-12(20)18(28)29/h1-4,12-13H,5-9,19-20H2,(H,21,27)(H,22,24)(H,25,26)(H,28,29)/t12-,13-/m1/s1. The molecule has 0 unspecified atom stereocenters. The number of hydrogen-bond donors (Lipinski definition) is 6. The largest absolute Gasteiger partial charge is 0.480 e. The van der Waals surface area contributed by atoms with Gasteiger partial charge in [-0.1, -0.05) is 0 Å². The highest BCUT2D eigenvalue weighted by atomic mass is 32.2. The molecule has 0 aliphatic carbocycles. The van der Waals surface area contributed by atoms with Gasteiger partial charge in [-0.3, -0.25) is 24.0 Å². The minimum Gasteiger partial charge on any atom is -0.480 e. The van der Waals surface area contributed by atoms with Crippen molar-refractivity contribution in [1.82, 2.24) is 10.6 Å². The fourth-order valence-electron chi connectivity index (χ4n) is 2.17. The first kappa shape index (κ1) is 24.9. The second-order valence-corrected chi connectivity index (χ2v) is 7.31. The van der Waals surface area contributed by atoms with Gasteiger partial charge in [-0.2, -0.15) is 11.8 Å². The Morgan fingerprint density at radius 1 is 1.07 bits per heavy atom. The van der Waals surface area contributed by atoms with Crippen molar-refractivity contribution in [3.05, 3.63) is 29.8 Å². The first-order valence-electron chi connectivity index (χ1n) is 8.84. The molecule has 8 N–H and O–H groups in total. The number of aliphatic carboxylic acids is 2. The highest BCUT2D eigenvalue weighted by Gasteiger charge is 2.23. The number of carbonyl (C=O) groups excluding carboxylic acids is 3. The maximum absolute atomic E-state index is 12.2. The number of ketones is 1. The van der Waals surface area contributed by atoms with E-state index in [9.17, 15) is 24.0 Å². The Kier molecular flexibility index (Phi) is 10.3. The predicted molar refractivity (Wildman–Crippen MR) is 110 cm³/mol. The Bertz CT molecular complexity index is 785. The molecule has 164 valence electrons. The maximum Gasteiger partial charge on any atom is 0.322 e. The Morgan fingerprint density at radius 2 is 1.70 bits per heavy atom. The second kappa shape index (κ2) is 12.4. The molecule has 2 atom stereocenters. The van der Waals surface area contributed by atoms with Crippen LogP contribution >= 0.6 is 11.8 Å². The number of amides is 2. The average Bonchev–Trinajstić information content (AvgIpc) is 2.69. The number of rotatable bonds is 13. The van der Waals surface area contributed by atoms with Gasteiger partial charge in [0.2, 0.25) is 11.8 Å². The highest BCUT2D eigenvalue weighted by Crippen LogP contribution is 2.11. The molecule has 12 heteroatoms. The van der Waals surface area contributed by atoms with Gasteiger partial charge >= 0.3 is 11.9 Å². The molecule has 0 radical (unpaired) electrons. The van der Waals surface area contributed by atoms with Crippen molar-refractivity contribution in [2.75, 3.05) is 23.8 Å². The van der Waals surface area contributed by atoms with Crippen LogP contribution in [-0.4, -0.2) is 69.9 Å². The van der Waals surface area contributed by atoms with Crippen molar-refractivity contribution in [2.24, 2.45) is 5.73 Å². The molecule has 30 heavy (non-hydrogen) atoms. The van der Waals surface area contributed by atoms with E-state index < -0.39 is 42.4 Å². The van der Waals surface area contributed by atoms with E-state index in [4.69, 9.17) is 21.7 Å². The third-order valence-corrected chi connectivity index (χ3v) is 4.85. The van der Waals surface area contributed by atoms with Crippen molar-refractivity contribution in [1.29, 1.82) is 0 Å². The minimum atomic E-state index is -1.26. The van der Waals surface area contributed by atoms with Crippen LogP contribution in [0.4, 0.5) is 5.69 Å². The second-order valence-electron chi connectivity index (χ2n) is 6.28. The van der Waals surface area contributed by atoms with Crippen molar-refractivity contribution in [3.63, 3.8) is 0 Å². The Balaban J connectivity index is 2.63. The molecule has 0 bridgehead atoms. The number of hydrogen-bond acceptors (Lipinski definition) is 8. The van der Waals surface area contributed by atoms with Crippen LogP contribution in [0.5, 0.6) is 0 Å². The summed E-state index contributed by atoms with van der Waals surface area (Å²) in [5.74, 6) is -4.05. The lowest BCUT2D eigenvalue weighted by Crippen LogP contribution is -2.49. The zero-order chi connectivity index (χ0) is 22.7. The molecule has 0 saturated carbocycles. The first-order chi connectivity index (χ1) is 14.1. The molecule has 1 aromatic rings. The normalized spacial score (nSPS) is 12.4. The maximum atomic E-state index is 12.2. The number of carbonyl (C=O) groups is 5. The molecule has 0 fully saturated rings. The van der Waals surface area contributed by atoms with Gasteiger partial charge in [-0.25, -0.2) is 0 Å². The van der Waals surface area contributed by atoms with Gasteiger partial charge in [0.05, 0.1) is 5.75 Å². The summed E-state index contributed by atoms with van der Waals surface area (Å²) in [5, 5.41) is 22.0. The van der Waals surface area contributed by atoms with Gasteiger partial charge in [0, 0.05) is 23.4 Å². The third kappa shape index (κ3) is 9.39. The smallest absolute Gasteiger partial charge is 0.322 e. The van der Waals surface area contributed by atoms with Crippen LogP contribution in [0.2, 0.25) is 0 Å². The van der Waals surface area contributed by atoms with Crippen molar-refractivity contribution in [2.45, 2.75) is 24.9 Å². The molecule has 1 aromatic carbocycles. The number of benzene rings is 1. The molecule has 0 aliphatic heterocycles. The van der Waals surface area contributed by atoms with Gasteiger partial charge < -0.3 is 32.3 Å². The number of anilines is 1. The van der Waals surface area contributed by atoms with Crippen molar-refractivity contribution in [3.8, 4) is 0 Å². The lowest BCUT2D eigenvalue weighted by atomic mass is 10.1. The fraction of sp³-hybridized carbons (Fsp3) is 0.389. The van der Waals surface area contributed by atoms with Crippen molar-refractivity contribution >= 4 is 47.0 Å². The zero-order valence-electron chi connectivity index (χ0n) is 16.0.